The summed E-state index contributed by atoms with van der Waals surface area (Å²) in [5.41, 5.74) is 5.37. The van der Waals surface area contributed by atoms with Gasteiger partial charge in [-0.05, 0) is 44.9 Å². The maximum atomic E-state index is 12.9. The van der Waals surface area contributed by atoms with E-state index in [9.17, 15) is 24.5 Å². The van der Waals surface area contributed by atoms with Crippen molar-refractivity contribution >= 4 is 13.7 Å². The van der Waals surface area contributed by atoms with Crippen molar-refractivity contribution in [3.05, 3.63) is 36.5 Å². The van der Waals surface area contributed by atoms with Crippen LogP contribution >= 0.6 is 7.82 Å². The van der Waals surface area contributed by atoms with Crippen molar-refractivity contribution in [2.24, 2.45) is 5.73 Å². The molecule has 0 saturated carbocycles. The Bertz CT molecular complexity index is 1040. The van der Waals surface area contributed by atoms with E-state index in [4.69, 9.17) is 14.8 Å². The van der Waals surface area contributed by atoms with Crippen LogP contribution in [0.1, 0.15) is 232 Å². The topological polar surface area (TPSA) is 151 Å². The van der Waals surface area contributed by atoms with E-state index >= 15 is 0 Å². The van der Waals surface area contributed by atoms with E-state index in [2.05, 4.69) is 43.5 Å². The highest BCUT2D eigenvalue weighted by atomic mass is 31.2. The van der Waals surface area contributed by atoms with Crippen molar-refractivity contribution in [1.29, 1.82) is 0 Å². The smallest absolute Gasteiger partial charge is 0.393 e. The number of rotatable bonds is 46. The average Bonchev–Trinajstić information content (AvgIpc) is 3.21. The number of amides is 1. The molecule has 0 heterocycles. The molecule has 348 valence electrons. The summed E-state index contributed by atoms with van der Waals surface area (Å²) in [5.74, 6) is -0.457. The molecule has 0 aromatic carbocycles. The highest BCUT2D eigenvalue weighted by Gasteiger charge is 2.27. The van der Waals surface area contributed by atoms with E-state index < -0.39 is 38.6 Å². The number of allylic oxidation sites excluding steroid dienone is 5. The number of nitrogens with two attached hydrogens (primary N) is 1. The van der Waals surface area contributed by atoms with Gasteiger partial charge in [0.15, 0.2) is 0 Å². The van der Waals surface area contributed by atoms with Gasteiger partial charge in [-0.3, -0.25) is 13.8 Å². The molecule has 0 aliphatic rings. The minimum absolute atomic E-state index is 0.0430. The molecule has 1 amide bonds. The van der Waals surface area contributed by atoms with E-state index in [1.165, 1.54) is 154 Å². The third-order valence-corrected chi connectivity index (χ3v) is 12.0. The number of aliphatic hydroxyl groups excluding tert-OH is 2. The fourth-order valence-corrected chi connectivity index (χ4v) is 8.03. The van der Waals surface area contributed by atoms with Crippen molar-refractivity contribution in [1.82, 2.24) is 5.32 Å². The van der Waals surface area contributed by atoms with Crippen molar-refractivity contribution in [2.45, 2.75) is 250 Å². The van der Waals surface area contributed by atoms with Crippen molar-refractivity contribution in [2.75, 3.05) is 19.8 Å². The Morgan fingerprint density at radius 3 is 1.41 bits per heavy atom. The van der Waals surface area contributed by atoms with Crippen LogP contribution < -0.4 is 11.1 Å². The largest absolute Gasteiger partial charge is 0.472 e. The summed E-state index contributed by atoms with van der Waals surface area (Å²) < 4.78 is 22.1. The van der Waals surface area contributed by atoms with Gasteiger partial charge in [0.05, 0.1) is 37.9 Å². The maximum Gasteiger partial charge on any atom is 0.472 e. The van der Waals surface area contributed by atoms with Crippen LogP contribution in [0.25, 0.3) is 0 Å². The predicted molar refractivity (Wildman–Crippen MR) is 250 cm³/mol. The first-order valence-corrected chi connectivity index (χ1v) is 26.2. The molecule has 0 spiro atoms. The van der Waals surface area contributed by atoms with E-state index in [1.54, 1.807) is 6.08 Å². The summed E-state index contributed by atoms with van der Waals surface area (Å²) in [6.45, 7) is 3.96. The van der Waals surface area contributed by atoms with Gasteiger partial charge in [-0.15, -0.1) is 0 Å². The lowest BCUT2D eigenvalue weighted by Gasteiger charge is -2.24. The summed E-state index contributed by atoms with van der Waals surface area (Å²) in [6, 6.07) is -1.00. The van der Waals surface area contributed by atoms with Gasteiger partial charge in [0, 0.05) is 6.54 Å². The van der Waals surface area contributed by atoms with E-state index in [0.717, 1.165) is 44.9 Å². The molecule has 0 aliphatic carbocycles. The van der Waals surface area contributed by atoms with Crippen LogP contribution in [0, 0.1) is 0 Å². The van der Waals surface area contributed by atoms with Crippen molar-refractivity contribution in [3.8, 4) is 0 Å². The van der Waals surface area contributed by atoms with Crippen LogP contribution in [0.2, 0.25) is 0 Å². The zero-order chi connectivity index (χ0) is 43.3. The molecule has 0 bridgehead atoms. The SMILES string of the molecule is CCCCCCCCCC/C=C/CC/C=C/CC/C=C/C(O)C(COP(=O)(O)OCCN)NC(=O)CC(O)CCCCCCCCCCCCCCCCCCCCC. The third-order valence-electron chi connectivity index (χ3n) is 11.0. The minimum atomic E-state index is -4.41. The van der Waals surface area contributed by atoms with Gasteiger partial charge in [-0.25, -0.2) is 4.57 Å². The molecule has 10 heteroatoms. The molecule has 0 aromatic rings. The Hall–Kier alpha value is -1.32. The zero-order valence-corrected chi connectivity index (χ0v) is 39.3. The lowest BCUT2D eigenvalue weighted by atomic mass is 10.0. The van der Waals surface area contributed by atoms with Gasteiger partial charge in [-0.2, -0.15) is 0 Å². The maximum absolute atomic E-state index is 12.9. The number of unbranched alkanes of at least 4 members (excludes halogenated alkanes) is 28. The van der Waals surface area contributed by atoms with Crippen LogP contribution in [-0.2, 0) is 18.4 Å². The molecule has 0 aromatic heterocycles. The number of carbonyl (C=O) groups excluding carboxylic acids is 1. The quantitative estimate of drug-likeness (QED) is 0.0231. The van der Waals surface area contributed by atoms with Crippen LogP contribution in [-0.4, -0.2) is 59.0 Å². The Morgan fingerprint density at radius 1 is 0.576 bits per heavy atom. The number of phosphoric acid groups is 1. The van der Waals surface area contributed by atoms with E-state index in [0.29, 0.717) is 12.8 Å². The molecule has 6 N–H and O–H groups in total. The molecular formula is C49H95N2O7P. The first-order valence-electron chi connectivity index (χ1n) is 24.7. The average molecular weight is 855 g/mol. The van der Waals surface area contributed by atoms with E-state index in [1.807, 2.05) is 6.08 Å². The Morgan fingerprint density at radius 2 is 0.966 bits per heavy atom. The number of carbonyl (C=O) groups is 1. The van der Waals surface area contributed by atoms with Gasteiger partial charge < -0.3 is 26.2 Å². The highest BCUT2D eigenvalue weighted by molar-refractivity contribution is 7.47. The predicted octanol–water partition coefficient (Wildman–Crippen LogP) is 13.3. The first-order chi connectivity index (χ1) is 28.8. The molecule has 4 atom stereocenters. The van der Waals surface area contributed by atoms with Crippen LogP contribution in [0.5, 0.6) is 0 Å². The highest BCUT2D eigenvalue weighted by Crippen LogP contribution is 2.43. The van der Waals surface area contributed by atoms with Gasteiger partial charge in [0.2, 0.25) is 5.91 Å². The number of hydrogen-bond acceptors (Lipinski definition) is 7. The normalized spacial score (nSPS) is 14.7. The molecule has 0 fully saturated rings. The lowest BCUT2D eigenvalue weighted by molar-refractivity contribution is -0.124. The Balaban J connectivity index is 4.27. The summed E-state index contributed by atoms with van der Waals surface area (Å²) in [4.78, 5) is 22.8. The van der Waals surface area contributed by atoms with Crippen molar-refractivity contribution < 1.29 is 33.5 Å². The summed E-state index contributed by atoms with van der Waals surface area (Å²) in [5, 5.41) is 24.1. The number of hydrogen-bond donors (Lipinski definition) is 5. The lowest BCUT2D eigenvalue weighted by Crippen LogP contribution is -2.46. The van der Waals surface area contributed by atoms with Gasteiger partial charge in [-0.1, -0.05) is 217 Å². The molecule has 59 heavy (non-hydrogen) atoms. The summed E-state index contributed by atoms with van der Waals surface area (Å²) >= 11 is 0. The van der Waals surface area contributed by atoms with Gasteiger partial charge in [0.1, 0.15) is 0 Å². The number of aliphatic hydroxyl groups is 2. The third kappa shape index (κ3) is 43.1. The number of nitrogens with one attached hydrogen (secondary N) is 1. The Labute approximate surface area is 363 Å². The van der Waals surface area contributed by atoms with Crippen LogP contribution in [0.4, 0.5) is 0 Å². The fourth-order valence-electron chi connectivity index (χ4n) is 7.27. The summed E-state index contributed by atoms with van der Waals surface area (Å²) in [7, 11) is -4.41. The molecule has 9 nitrogen and oxygen atoms in total. The second kappa shape index (κ2) is 44.7. The van der Waals surface area contributed by atoms with Gasteiger partial charge >= 0.3 is 7.82 Å². The Kier molecular flexibility index (Phi) is 43.7. The standard InChI is InChI=1S/C49H95N2O7P/c1-3-5-7-9-11-13-15-17-19-21-23-24-26-28-30-32-34-36-38-40-46(52)44-49(54)51-47(45-58-59(55,56)57-43-42-50)48(53)41-39-37-35-33-31-29-27-25-22-20-18-16-14-12-10-8-6-4-2/h22,25,31,33,39,41,46-48,52-53H,3-21,23-24,26-30,32,34-38,40,42-45,50H2,1-2H3,(H,51,54)(H,55,56)/b25-22+,33-31+,41-39+. The zero-order valence-electron chi connectivity index (χ0n) is 38.4. The molecular weight excluding hydrogens is 760 g/mol. The molecule has 0 rings (SSSR count). The molecule has 0 aliphatic heterocycles. The first kappa shape index (κ1) is 57.7. The van der Waals surface area contributed by atoms with E-state index in [-0.39, 0.29) is 19.6 Å². The molecule has 0 radical (unpaired) electrons. The van der Waals surface area contributed by atoms with Crippen LogP contribution in [0.15, 0.2) is 36.5 Å². The monoisotopic (exact) mass is 855 g/mol. The second-order valence-corrected chi connectivity index (χ2v) is 18.3. The fraction of sp³-hybridized carbons (Fsp3) is 0.857. The number of phosphoric ester groups is 1. The second-order valence-electron chi connectivity index (χ2n) is 16.9. The van der Waals surface area contributed by atoms with Gasteiger partial charge in [0.25, 0.3) is 0 Å². The van der Waals surface area contributed by atoms with Crippen LogP contribution in [0.3, 0.4) is 0 Å². The molecule has 4 unspecified atom stereocenters. The summed E-state index contributed by atoms with van der Waals surface area (Å²) in [6.07, 6.45) is 51.0. The molecule has 0 saturated heterocycles. The minimum Gasteiger partial charge on any atom is -0.393 e. The van der Waals surface area contributed by atoms with Crippen molar-refractivity contribution in [3.63, 3.8) is 0 Å².